The zero-order valence-electron chi connectivity index (χ0n) is 8.81. The van der Waals surface area contributed by atoms with Gasteiger partial charge >= 0.3 is 0 Å². The maximum absolute atomic E-state index is 13.0. The molecule has 0 fully saturated rings. The quantitative estimate of drug-likeness (QED) is 0.826. The molecule has 0 aliphatic rings. The minimum Gasteiger partial charge on any atom is -0.385 e. The van der Waals surface area contributed by atoms with E-state index in [1.165, 1.54) is 18.5 Å². The molecule has 2 rings (SSSR count). The van der Waals surface area contributed by atoms with Crippen LogP contribution in [-0.2, 0) is 6.42 Å². The van der Waals surface area contributed by atoms with E-state index in [0.29, 0.717) is 12.2 Å². The molecular weight excluding hydrogens is 209 g/mol. The number of benzene rings is 1. The first-order valence-electron chi connectivity index (χ1n) is 4.95. The van der Waals surface area contributed by atoms with E-state index in [0.717, 1.165) is 11.1 Å². The molecule has 0 bridgehead atoms. The molecule has 0 saturated carbocycles. The van der Waals surface area contributed by atoms with Crippen LogP contribution < -0.4 is 0 Å². The van der Waals surface area contributed by atoms with Crippen LogP contribution in [-0.4, -0.2) is 20.3 Å². The summed E-state index contributed by atoms with van der Waals surface area (Å²) >= 11 is 0. The zero-order chi connectivity index (χ0) is 11.5. The van der Waals surface area contributed by atoms with E-state index in [2.05, 4.69) is 15.2 Å². The Labute approximate surface area is 92.2 Å². The van der Waals surface area contributed by atoms with Crippen molar-refractivity contribution in [2.45, 2.75) is 19.4 Å². The number of aliphatic hydroxyl groups excluding tert-OH is 1. The van der Waals surface area contributed by atoms with Crippen LogP contribution in [0.25, 0.3) is 0 Å². The predicted octanol–water partition coefficient (Wildman–Crippen LogP) is 1.53. The molecule has 0 aliphatic heterocycles. The average molecular weight is 221 g/mol. The lowest BCUT2D eigenvalue weighted by Crippen LogP contribution is -2.05. The molecule has 1 aromatic heterocycles. The lowest BCUT2D eigenvalue weighted by Gasteiger charge is -2.09. The van der Waals surface area contributed by atoms with Crippen LogP contribution >= 0.6 is 0 Å². The number of aryl methyl sites for hydroxylation is 1. The first-order valence-corrected chi connectivity index (χ1v) is 4.95. The van der Waals surface area contributed by atoms with E-state index < -0.39 is 6.10 Å². The molecule has 0 radical (unpaired) electrons. The molecule has 2 aromatic rings. The zero-order valence-corrected chi connectivity index (χ0v) is 8.81. The standard InChI is InChI=1S/C11H12FN3O/c1-7-2-3-9(12)4-8(7)5-10(16)11-13-6-14-15-11/h2-4,6,10,16H,5H2,1H3,(H,13,14,15). The van der Waals surface area contributed by atoms with Crippen molar-refractivity contribution in [1.82, 2.24) is 15.2 Å². The van der Waals surface area contributed by atoms with Gasteiger partial charge in [-0.25, -0.2) is 9.37 Å². The molecule has 0 amide bonds. The molecule has 16 heavy (non-hydrogen) atoms. The van der Waals surface area contributed by atoms with E-state index in [1.54, 1.807) is 6.07 Å². The van der Waals surface area contributed by atoms with Crippen LogP contribution in [0.1, 0.15) is 23.1 Å². The molecule has 1 aromatic carbocycles. The van der Waals surface area contributed by atoms with Crippen LogP contribution in [0.15, 0.2) is 24.5 Å². The first kappa shape index (κ1) is 10.8. The highest BCUT2D eigenvalue weighted by Crippen LogP contribution is 2.18. The Kier molecular flexibility index (Phi) is 2.96. The Balaban J connectivity index is 2.17. The largest absolute Gasteiger partial charge is 0.385 e. The number of nitrogens with one attached hydrogen (secondary N) is 1. The normalized spacial score (nSPS) is 12.7. The molecule has 2 N–H and O–H groups in total. The van der Waals surface area contributed by atoms with Crippen molar-refractivity contribution in [3.05, 3.63) is 47.3 Å². The van der Waals surface area contributed by atoms with Gasteiger partial charge in [0.15, 0.2) is 5.82 Å². The fourth-order valence-electron chi connectivity index (χ4n) is 1.54. The number of hydrogen-bond donors (Lipinski definition) is 2. The number of aromatic amines is 1. The van der Waals surface area contributed by atoms with Gasteiger partial charge < -0.3 is 5.11 Å². The topological polar surface area (TPSA) is 61.8 Å². The van der Waals surface area contributed by atoms with Gasteiger partial charge in [-0.05, 0) is 30.2 Å². The molecule has 0 saturated heterocycles. The molecule has 4 nitrogen and oxygen atoms in total. The average Bonchev–Trinajstić information content (AvgIpc) is 2.76. The van der Waals surface area contributed by atoms with Crippen molar-refractivity contribution in [2.24, 2.45) is 0 Å². The van der Waals surface area contributed by atoms with Gasteiger partial charge in [0.2, 0.25) is 0 Å². The Bertz CT molecular complexity index is 470. The van der Waals surface area contributed by atoms with E-state index in [9.17, 15) is 9.50 Å². The number of halogens is 1. The van der Waals surface area contributed by atoms with E-state index in [-0.39, 0.29) is 5.82 Å². The molecule has 0 spiro atoms. The minimum atomic E-state index is -0.789. The van der Waals surface area contributed by atoms with Crippen LogP contribution in [0.2, 0.25) is 0 Å². The van der Waals surface area contributed by atoms with E-state index >= 15 is 0 Å². The third kappa shape index (κ3) is 2.25. The first-order chi connectivity index (χ1) is 7.66. The minimum absolute atomic E-state index is 0.301. The van der Waals surface area contributed by atoms with Crippen molar-refractivity contribution < 1.29 is 9.50 Å². The van der Waals surface area contributed by atoms with Gasteiger partial charge in [0.05, 0.1) is 0 Å². The van der Waals surface area contributed by atoms with Gasteiger partial charge in [-0.1, -0.05) is 6.07 Å². The van der Waals surface area contributed by atoms with Crippen LogP contribution in [0.5, 0.6) is 0 Å². The summed E-state index contributed by atoms with van der Waals surface area (Å²) in [6.07, 6.45) is 0.860. The highest BCUT2D eigenvalue weighted by atomic mass is 19.1. The summed E-state index contributed by atoms with van der Waals surface area (Å²) in [7, 11) is 0. The van der Waals surface area contributed by atoms with Gasteiger partial charge in [0, 0.05) is 6.42 Å². The Hall–Kier alpha value is -1.75. The summed E-state index contributed by atoms with van der Waals surface area (Å²) in [4.78, 5) is 3.85. The predicted molar refractivity (Wildman–Crippen MR) is 56.2 cm³/mol. The maximum Gasteiger partial charge on any atom is 0.153 e. The third-order valence-electron chi connectivity index (χ3n) is 2.47. The molecule has 1 heterocycles. The summed E-state index contributed by atoms with van der Waals surface area (Å²) < 4.78 is 13.0. The SMILES string of the molecule is Cc1ccc(F)cc1CC(O)c1ncn[nH]1. The summed E-state index contributed by atoms with van der Waals surface area (Å²) in [5, 5.41) is 16.1. The second-order valence-corrected chi connectivity index (χ2v) is 3.66. The Morgan fingerprint density at radius 3 is 3.00 bits per heavy atom. The van der Waals surface area contributed by atoms with Crippen molar-refractivity contribution in [2.75, 3.05) is 0 Å². The summed E-state index contributed by atoms with van der Waals surface area (Å²) in [5.41, 5.74) is 1.71. The lowest BCUT2D eigenvalue weighted by molar-refractivity contribution is 0.168. The van der Waals surface area contributed by atoms with Gasteiger partial charge in [-0.15, -0.1) is 0 Å². The van der Waals surface area contributed by atoms with Crippen LogP contribution in [0.3, 0.4) is 0 Å². The van der Waals surface area contributed by atoms with E-state index in [1.807, 2.05) is 6.92 Å². The van der Waals surface area contributed by atoms with E-state index in [4.69, 9.17) is 0 Å². The van der Waals surface area contributed by atoms with Crippen molar-refractivity contribution in [3.63, 3.8) is 0 Å². The monoisotopic (exact) mass is 221 g/mol. The van der Waals surface area contributed by atoms with Gasteiger partial charge in [-0.3, -0.25) is 5.10 Å². The van der Waals surface area contributed by atoms with Crippen LogP contribution in [0, 0.1) is 12.7 Å². The number of hydrogen-bond acceptors (Lipinski definition) is 3. The summed E-state index contributed by atoms with van der Waals surface area (Å²) in [6.45, 7) is 1.88. The van der Waals surface area contributed by atoms with Gasteiger partial charge in [0.25, 0.3) is 0 Å². The molecule has 1 unspecified atom stereocenters. The van der Waals surface area contributed by atoms with Crippen molar-refractivity contribution in [3.8, 4) is 0 Å². The highest BCUT2D eigenvalue weighted by Gasteiger charge is 2.13. The van der Waals surface area contributed by atoms with Gasteiger partial charge in [-0.2, -0.15) is 5.10 Å². The third-order valence-corrected chi connectivity index (χ3v) is 2.47. The molecule has 84 valence electrons. The number of aliphatic hydroxyl groups is 1. The number of rotatable bonds is 3. The second kappa shape index (κ2) is 4.40. The molecular formula is C11H12FN3O. The van der Waals surface area contributed by atoms with Crippen molar-refractivity contribution in [1.29, 1.82) is 0 Å². The maximum atomic E-state index is 13.0. The van der Waals surface area contributed by atoms with Crippen molar-refractivity contribution >= 4 is 0 Å². The molecule has 5 heteroatoms. The number of aromatic nitrogens is 3. The fraction of sp³-hybridized carbons (Fsp3) is 0.273. The molecule has 1 atom stereocenters. The summed E-state index contributed by atoms with van der Waals surface area (Å²) in [5.74, 6) is 0.0917. The smallest absolute Gasteiger partial charge is 0.153 e. The molecule has 0 aliphatic carbocycles. The highest BCUT2D eigenvalue weighted by molar-refractivity contribution is 5.27. The second-order valence-electron chi connectivity index (χ2n) is 3.66. The number of H-pyrrole nitrogens is 1. The number of nitrogens with zero attached hydrogens (tertiary/aromatic N) is 2. The Morgan fingerprint density at radius 1 is 1.50 bits per heavy atom. The van der Waals surface area contributed by atoms with Crippen LogP contribution in [0.4, 0.5) is 4.39 Å². The van der Waals surface area contributed by atoms with Gasteiger partial charge in [0.1, 0.15) is 18.2 Å². The Morgan fingerprint density at radius 2 is 2.31 bits per heavy atom. The summed E-state index contributed by atoms with van der Waals surface area (Å²) in [6, 6.07) is 4.52. The fourth-order valence-corrected chi connectivity index (χ4v) is 1.54. The lowest BCUT2D eigenvalue weighted by atomic mass is 10.0.